The highest BCUT2D eigenvalue weighted by molar-refractivity contribution is 5.88. The van der Waals surface area contributed by atoms with Gasteiger partial charge in [0.2, 0.25) is 0 Å². The van der Waals surface area contributed by atoms with E-state index in [1.54, 1.807) is 18.0 Å². The molecular weight excluding hydrogens is 386 g/mol. The van der Waals surface area contributed by atoms with E-state index in [1.807, 2.05) is 29.8 Å². The normalized spacial score (nSPS) is 12.3. The molecule has 3 aromatic rings. The van der Waals surface area contributed by atoms with Crippen LogP contribution >= 0.6 is 0 Å². The van der Waals surface area contributed by atoms with Crippen LogP contribution < -0.4 is 10.2 Å². The van der Waals surface area contributed by atoms with Crippen LogP contribution in [0, 0.1) is 0 Å². The molecule has 4 rings (SSSR count). The molecule has 0 saturated carbocycles. The van der Waals surface area contributed by atoms with Gasteiger partial charge in [-0.3, -0.25) is 9.48 Å². The number of carbonyl (C=O) groups is 1. The Morgan fingerprint density at radius 1 is 1.20 bits per heavy atom. The first-order valence-electron chi connectivity index (χ1n) is 9.74. The summed E-state index contributed by atoms with van der Waals surface area (Å²) < 4.78 is 14.8. The number of ether oxygens (including phenoxy) is 2. The topological polar surface area (TPSA) is 95.6 Å². The van der Waals surface area contributed by atoms with Crippen LogP contribution in [0.3, 0.4) is 0 Å². The summed E-state index contributed by atoms with van der Waals surface area (Å²) >= 11 is 0. The average Bonchev–Trinajstić information content (AvgIpc) is 3.15. The Morgan fingerprint density at radius 3 is 2.73 bits per heavy atom. The van der Waals surface area contributed by atoms with Gasteiger partial charge in [0.25, 0.3) is 0 Å². The second-order valence-electron chi connectivity index (χ2n) is 7.23. The molecule has 8 heteroatoms. The third-order valence-corrected chi connectivity index (χ3v) is 5.31. The number of hydrogen-bond donors (Lipinski definition) is 1. The van der Waals surface area contributed by atoms with E-state index >= 15 is 0 Å². The summed E-state index contributed by atoms with van der Waals surface area (Å²) in [4.78, 5) is 23.7. The summed E-state index contributed by atoms with van der Waals surface area (Å²) in [5.74, 6) is -0.456. The van der Waals surface area contributed by atoms with Gasteiger partial charge in [-0.15, -0.1) is 0 Å². The summed E-state index contributed by atoms with van der Waals surface area (Å²) in [5.41, 5.74) is 3.72. The molecular formula is C22H23N3O5. The van der Waals surface area contributed by atoms with Crippen molar-refractivity contribution in [2.75, 3.05) is 20.3 Å². The molecule has 0 fully saturated rings. The maximum atomic E-state index is 12.3. The first kappa shape index (κ1) is 19.9. The predicted molar refractivity (Wildman–Crippen MR) is 111 cm³/mol. The van der Waals surface area contributed by atoms with Gasteiger partial charge in [-0.25, -0.2) is 4.79 Å². The SMILES string of the molecule is COCCCOc1cc2c(cc1-c1ccnn1C)-c1cc(=O)c(C(=O)O)cn1CC2. The van der Waals surface area contributed by atoms with Crippen LogP contribution in [-0.4, -0.2) is 45.7 Å². The van der Waals surface area contributed by atoms with E-state index in [0.717, 1.165) is 34.6 Å². The van der Waals surface area contributed by atoms with Gasteiger partial charge in [0, 0.05) is 63.3 Å². The molecule has 0 amide bonds. The molecule has 1 aromatic carbocycles. The van der Waals surface area contributed by atoms with Crippen LogP contribution in [0.25, 0.3) is 22.5 Å². The Morgan fingerprint density at radius 2 is 2.03 bits per heavy atom. The van der Waals surface area contributed by atoms with Gasteiger partial charge in [0.1, 0.15) is 11.3 Å². The zero-order chi connectivity index (χ0) is 21.3. The molecule has 156 valence electrons. The molecule has 0 spiro atoms. The van der Waals surface area contributed by atoms with Crippen molar-refractivity contribution in [3.05, 3.63) is 58.0 Å². The quantitative estimate of drug-likeness (QED) is 0.603. The number of hydrogen-bond acceptors (Lipinski definition) is 5. The highest BCUT2D eigenvalue weighted by Gasteiger charge is 2.23. The van der Waals surface area contributed by atoms with E-state index in [2.05, 4.69) is 5.10 Å². The Bertz CT molecular complexity index is 1160. The zero-order valence-electron chi connectivity index (χ0n) is 16.9. The Kier molecular flexibility index (Phi) is 5.41. The van der Waals surface area contributed by atoms with E-state index in [4.69, 9.17) is 9.47 Å². The van der Waals surface area contributed by atoms with E-state index < -0.39 is 11.4 Å². The number of methoxy groups -OCH3 is 1. The lowest BCUT2D eigenvalue weighted by molar-refractivity contribution is 0.0694. The van der Waals surface area contributed by atoms with Crippen LogP contribution in [0.4, 0.5) is 0 Å². The van der Waals surface area contributed by atoms with Crippen molar-refractivity contribution in [2.45, 2.75) is 19.4 Å². The third kappa shape index (κ3) is 3.61. The maximum Gasteiger partial charge on any atom is 0.341 e. The standard InChI is InChI=1S/C22H23N3O5/c1-24-18(4-6-23-24)16-11-15-14(10-21(16)30-9-3-8-29-2)5-7-25-13-17(22(27)28)20(26)12-19(15)25/h4,6,10-13H,3,5,7-9H2,1-2H3,(H,27,28). The van der Waals surface area contributed by atoms with Gasteiger partial charge < -0.3 is 19.1 Å². The molecule has 30 heavy (non-hydrogen) atoms. The Hall–Kier alpha value is -3.39. The summed E-state index contributed by atoms with van der Waals surface area (Å²) in [6, 6.07) is 7.34. The lowest BCUT2D eigenvalue weighted by Gasteiger charge is -2.25. The summed E-state index contributed by atoms with van der Waals surface area (Å²) in [7, 11) is 3.52. The number of aromatic nitrogens is 3. The van der Waals surface area contributed by atoms with Crippen molar-refractivity contribution in [1.29, 1.82) is 0 Å². The molecule has 1 aliphatic heterocycles. The van der Waals surface area contributed by atoms with Gasteiger partial charge >= 0.3 is 5.97 Å². The fourth-order valence-electron chi connectivity index (χ4n) is 3.80. The molecule has 0 saturated heterocycles. The van der Waals surface area contributed by atoms with E-state index in [0.29, 0.717) is 31.9 Å². The zero-order valence-corrected chi connectivity index (χ0v) is 16.9. The van der Waals surface area contributed by atoms with E-state index in [-0.39, 0.29) is 5.56 Å². The number of fused-ring (bicyclic) bond motifs is 3. The lowest BCUT2D eigenvalue weighted by Crippen LogP contribution is -2.22. The van der Waals surface area contributed by atoms with Crippen molar-refractivity contribution in [3.63, 3.8) is 0 Å². The smallest absolute Gasteiger partial charge is 0.341 e. The Labute approximate surface area is 173 Å². The highest BCUT2D eigenvalue weighted by atomic mass is 16.5. The number of rotatable bonds is 7. The number of aryl methyl sites for hydroxylation is 3. The summed E-state index contributed by atoms with van der Waals surface area (Å²) in [5, 5.41) is 13.5. The first-order valence-corrected chi connectivity index (χ1v) is 9.74. The van der Waals surface area contributed by atoms with Gasteiger partial charge in [-0.1, -0.05) is 0 Å². The second-order valence-corrected chi connectivity index (χ2v) is 7.23. The van der Waals surface area contributed by atoms with Gasteiger partial charge in [0.15, 0.2) is 5.43 Å². The largest absolute Gasteiger partial charge is 0.493 e. The van der Waals surface area contributed by atoms with Crippen LogP contribution in [0.2, 0.25) is 0 Å². The fourth-order valence-corrected chi connectivity index (χ4v) is 3.80. The highest BCUT2D eigenvalue weighted by Crippen LogP contribution is 2.39. The van der Waals surface area contributed by atoms with E-state index in [1.165, 1.54) is 12.3 Å². The molecule has 0 radical (unpaired) electrons. The van der Waals surface area contributed by atoms with Crippen molar-refractivity contribution in [2.24, 2.45) is 7.05 Å². The maximum absolute atomic E-state index is 12.3. The van der Waals surface area contributed by atoms with Gasteiger partial charge in [-0.05, 0) is 30.2 Å². The molecule has 0 atom stereocenters. The van der Waals surface area contributed by atoms with Crippen molar-refractivity contribution < 1.29 is 19.4 Å². The molecule has 1 aliphatic rings. The molecule has 3 heterocycles. The Balaban J connectivity index is 1.83. The molecule has 0 aliphatic carbocycles. The summed E-state index contributed by atoms with van der Waals surface area (Å²) in [6.45, 7) is 1.74. The molecule has 8 nitrogen and oxygen atoms in total. The predicted octanol–water partition coefficient (Wildman–Crippen LogP) is 2.59. The minimum atomic E-state index is -1.21. The molecule has 0 bridgehead atoms. The molecule has 0 unspecified atom stereocenters. The van der Waals surface area contributed by atoms with Crippen LogP contribution in [0.1, 0.15) is 22.3 Å². The number of pyridine rings is 1. The van der Waals surface area contributed by atoms with Crippen LogP contribution in [0.15, 0.2) is 41.5 Å². The lowest BCUT2D eigenvalue weighted by atomic mass is 9.93. The summed E-state index contributed by atoms with van der Waals surface area (Å²) in [6.07, 6.45) is 4.64. The number of carboxylic acid groups (broad SMARTS) is 1. The van der Waals surface area contributed by atoms with Crippen molar-refractivity contribution >= 4 is 5.97 Å². The van der Waals surface area contributed by atoms with Gasteiger partial charge in [0.05, 0.1) is 18.0 Å². The van der Waals surface area contributed by atoms with E-state index in [9.17, 15) is 14.7 Å². The minimum Gasteiger partial charge on any atom is -0.493 e. The monoisotopic (exact) mass is 409 g/mol. The fraction of sp³-hybridized carbons (Fsp3) is 0.318. The van der Waals surface area contributed by atoms with Crippen molar-refractivity contribution in [3.8, 4) is 28.3 Å². The number of benzene rings is 1. The first-order chi connectivity index (χ1) is 14.5. The van der Waals surface area contributed by atoms with Crippen molar-refractivity contribution in [1.82, 2.24) is 14.3 Å². The third-order valence-electron chi connectivity index (χ3n) is 5.31. The molecule has 2 aromatic heterocycles. The average molecular weight is 409 g/mol. The second kappa shape index (κ2) is 8.16. The number of nitrogens with zero attached hydrogens (tertiary/aromatic N) is 3. The minimum absolute atomic E-state index is 0.216. The van der Waals surface area contributed by atoms with Gasteiger partial charge in [-0.2, -0.15) is 5.10 Å². The number of carboxylic acids is 1. The van der Waals surface area contributed by atoms with Crippen LogP contribution in [0.5, 0.6) is 5.75 Å². The van der Waals surface area contributed by atoms with Crippen LogP contribution in [-0.2, 0) is 24.8 Å². The number of aromatic carboxylic acids is 1. The molecule has 1 N–H and O–H groups in total.